The van der Waals surface area contributed by atoms with Crippen LogP contribution < -0.4 is 5.32 Å². The van der Waals surface area contributed by atoms with Crippen molar-refractivity contribution in [3.05, 3.63) is 53.6 Å². The van der Waals surface area contributed by atoms with Crippen LogP contribution in [0.2, 0.25) is 0 Å². The highest BCUT2D eigenvalue weighted by Crippen LogP contribution is 2.22. The molecule has 0 unspecified atom stereocenters. The Kier molecular flexibility index (Phi) is 3.01. The van der Waals surface area contributed by atoms with Gasteiger partial charge in [0.1, 0.15) is 11.9 Å². The van der Waals surface area contributed by atoms with Crippen molar-refractivity contribution in [1.82, 2.24) is 4.98 Å². The zero-order chi connectivity index (χ0) is 12.3. The van der Waals surface area contributed by atoms with Gasteiger partial charge in [-0.3, -0.25) is 4.98 Å². The molecule has 0 atom stereocenters. The van der Waals surface area contributed by atoms with E-state index in [1.54, 1.807) is 18.2 Å². The van der Waals surface area contributed by atoms with Crippen molar-refractivity contribution < 1.29 is 4.39 Å². The van der Waals surface area contributed by atoms with E-state index in [9.17, 15) is 4.39 Å². The van der Waals surface area contributed by atoms with Crippen LogP contribution in [0.3, 0.4) is 0 Å². The molecule has 0 saturated carbocycles. The molecule has 17 heavy (non-hydrogen) atoms. The van der Waals surface area contributed by atoms with Crippen LogP contribution in [0, 0.1) is 24.1 Å². The second-order valence-corrected chi connectivity index (χ2v) is 3.64. The third-order valence-corrected chi connectivity index (χ3v) is 2.33. The Morgan fingerprint density at radius 2 is 2.12 bits per heavy atom. The van der Waals surface area contributed by atoms with E-state index in [1.165, 1.54) is 18.5 Å². The van der Waals surface area contributed by atoms with Gasteiger partial charge < -0.3 is 5.32 Å². The quantitative estimate of drug-likeness (QED) is 0.857. The van der Waals surface area contributed by atoms with Gasteiger partial charge in [-0.1, -0.05) is 6.07 Å². The summed E-state index contributed by atoms with van der Waals surface area (Å²) < 4.78 is 13.5. The molecule has 0 radical (unpaired) electrons. The van der Waals surface area contributed by atoms with Gasteiger partial charge in [0.05, 0.1) is 23.1 Å². The number of nitriles is 1. The van der Waals surface area contributed by atoms with Gasteiger partial charge in [0, 0.05) is 6.20 Å². The summed E-state index contributed by atoms with van der Waals surface area (Å²) in [6, 6.07) is 8.37. The molecule has 0 fully saturated rings. The first-order valence-corrected chi connectivity index (χ1v) is 5.08. The fourth-order valence-corrected chi connectivity index (χ4v) is 1.47. The predicted octanol–water partition coefficient (Wildman–Crippen LogP) is 3.14. The summed E-state index contributed by atoms with van der Waals surface area (Å²) in [5, 5.41) is 11.8. The summed E-state index contributed by atoms with van der Waals surface area (Å²) in [5.41, 5.74) is 2.21. The van der Waals surface area contributed by atoms with Crippen LogP contribution in [0.25, 0.3) is 0 Å². The van der Waals surface area contributed by atoms with Crippen LogP contribution >= 0.6 is 0 Å². The Bertz CT molecular complexity index is 587. The molecule has 2 aromatic rings. The van der Waals surface area contributed by atoms with Gasteiger partial charge in [-0.05, 0) is 30.7 Å². The highest BCUT2D eigenvalue weighted by atomic mass is 19.1. The van der Waals surface area contributed by atoms with Gasteiger partial charge in [-0.25, -0.2) is 4.39 Å². The van der Waals surface area contributed by atoms with Gasteiger partial charge in [0.25, 0.3) is 0 Å². The average molecular weight is 227 g/mol. The standard InChI is InChI=1S/C13H10FN3/c1-9-2-3-11(14)12(6-9)17-13-8-16-5-4-10(13)7-15/h2-6,8,17H,1H3. The van der Waals surface area contributed by atoms with Crippen molar-refractivity contribution in [1.29, 1.82) is 5.26 Å². The van der Waals surface area contributed by atoms with E-state index in [0.717, 1.165) is 5.56 Å². The highest BCUT2D eigenvalue weighted by Gasteiger charge is 2.06. The smallest absolute Gasteiger partial charge is 0.146 e. The van der Waals surface area contributed by atoms with E-state index < -0.39 is 0 Å². The van der Waals surface area contributed by atoms with Gasteiger partial charge >= 0.3 is 0 Å². The minimum absolute atomic E-state index is 0.342. The van der Waals surface area contributed by atoms with Crippen LogP contribution in [0.15, 0.2) is 36.7 Å². The van der Waals surface area contributed by atoms with Crippen LogP contribution in [0.4, 0.5) is 15.8 Å². The summed E-state index contributed by atoms with van der Waals surface area (Å²) in [6.07, 6.45) is 3.02. The van der Waals surface area contributed by atoms with E-state index in [4.69, 9.17) is 5.26 Å². The number of benzene rings is 1. The van der Waals surface area contributed by atoms with E-state index in [0.29, 0.717) is 16.9 Å². The van der Waals surface area contributed by atoms with Crippen LogP contribution in [0.1, 0.15) is 11.1 Å². The maximum Gasteiger partial charge on any atom is 0.146 e. The van der Waals surface area contributed by atoms with Gasteiger partial charge in [-0.2, -0.15) is 5.26 Å². The predicted molar refractivity (Wildman–Crippen MR) is 63.4 cm³/mol. The van der Waals surface area contributed by atoms with Crippen LogP contribution in [-0.4, -0.2) is 4.98 Å². The summed E-state index contributed by atoms with van der Waals surface area (Å²) in [6.45, 7) is 1.87. The second kappa shape index (κ2) is 4.62. The zero-order valence-electron chi connectivity index (χ0n) is 9.24. The molecule has 0 aliphatic heterocycles. The molecule has 2 rings (SSSR count). The number of halogens is 1. The average Bonchev–Trinajstić information content (AvgIpc) is 2.34. The van der Waals surface area contributed by atoms with Crippen molar-refractivity contribution in [3.63, 3.8) is 0 Å². The van der Waals surface area contributed by atoms with E-state index >= 15 is 0 Å². The number of hydrogen-bond acceptors (Lipinski definition) is 3. The highest BCUT2D eigenvalue weighted by molar-refractivity contribution is 5.66. The fourth-order valence-electron chi connectivity index (χ4n) is 1.47. The summed E-state index contributed by atoms with van der Waals surface area (Å²) >= 11 is 0. The number of aromatic nitrogens is 1. The molecular formula is C13H10FN3. The van der Waals surface area contributed by atoms with Crippen LogP contribution in [-0.2, 0) is 0 Å². The SMILES string of the molecule is Cc1ccc(F)c(Nc2cnccc2C#N)c1. The Labute approximate surface area is 98.5 Å². The van der Waals surface area contributed by atoms with E-state index in [-0.39, 0.29) is 5.82 Å². The zero-order valence-corrected chi connectivity index (χ0v) is 9.24. The normalized spacial score (nSPS) is 9.71. The van der Waals surface area contributed by atoms with Crippen molar-refractivity contribution in [2.75, 3.05) is 5.32 Å². The molecule has 0 aliphatic carbocycles. The molecule has 1 N–H and O–H groups in total. The van der Waals surface area contributed by atoms with Crippen molar-refractivity contribution in [3.8, 4) is 6.07 Å². The number of hydrogen-bond donors (Lipinski definition) is 1. The maximum atomic E-state index is 13.5. The molecule has 0 aliphatic rings. The number of pyridine rings is 1. The molecule has 3 nitrogen and oxygen atoms in total. The molecule has 84 valence electrons. The number of rotatable bonds is 2. The monoisotopic (exact) mass is 227 g/mol. The largest absolute Gasteiger partial charge is 0.351 e. The van der Waals surface area contributed by atoms with E-state index in [2.05, 4.69) is 10.3 Å². The number of nitrogens with one attached hydrogen (secondary N) is 1. The number of anilines is 2. The molecule has 0 saturated heterocycles. The minimum Gasteiger partial charge on any atom is -0.351 e. The molecule has 1 aromatic carbocycles. The third kappa shape index (κ3) is 2.40. The van der Waals surface area contributed by atoms with Crippen molar-refractivity contribution in [2.45, 2.75) is 6.92 Å². The third-order valence-electron chi connectivity index (χ3n) is 2.33. The first kappa shape index (κ1) is 11.1. The lowest BCUT2D eigenvalue weighted by molar-refractivity contribution is 0.631. The molecule has 0 amide bonds. The van der Waals surface area contributed by atoms with E-state index in [1.807, 2.05) is 13.0 Å². The molecule has 4 heteroatoms. The minimum atomic E-state index is -0.358. The molecule has 0 spiro atoms. The van der Waals surface area contributed by atoms with Gasteiger partial charge in [-0.15, -0.1) is 0 Å². The molecule has 1 heterocycles. The summed E-state index contributed by atoms with van der Waals surface area (Å²) in [5.74, 6) is -0.358. The fraction of sp³-hybridized carbons (Fsp3) is 0.0769. The lowest BCUT2D eigenvalue weighted by Crippen LogP contribution is -1.97. The Morgan fingerprint density at radius 3 is 2.88 bits per heavy atom. The second-order valence-electron chi connectivity index (χ2n) is 3.64. The maximum absolute atomic E-state index is 13.5. The Morgan fingerprint density at radius 1 is 1.29 bits per heavy atom. The summed E-state index contributed by atoms with van der Waals surface area (Å²) in [4.78, 5) is 3.91. The molecular weight excluding hydrogens is 217 g/mol. The number of aryl methyl sites for hydroxylation is 1. The first-order valence-electron chi connectivity index (χ1n) is 5.08. The van der Waals surface area contributed by atoms with Gasteiger partial charge in [0.15, 0.2) is 0 Å². The number of nitrogens with zero attached hydrogens (tertiary/aromatic N) is 2. The van der Waals surface area contributed by atoms with Crippen molar-refractivity contribution in [2.24, 2.45) is 0 Å². The molecule has 0 bridgehead atoms. The Hall–Kier alpha value is -2.41. The topological polar surface area (TPSA) is 48.7 Å². The van der Waals surface area contributed by atoms with Gasteiger partial charge in [0.2, 0.25) is 0 Å². The molecule has 1 aromatic heterocycles. The van der Waals surface area contributed by atoms with Crippen LogP contribution in [0.5, 0.6) is 0 Å². The Balaban J connectivity index is 2.38. The summed E-state index contributed by atoms with van der Waals surface area (Å²) in [7, 11) is 0. The lowest BCUT2D eigenvalue weighted by atomic mass is 10.2. The lowest BCUT2D eigenvalue weighted by Gasteiger charge is -2.09. The first-order chi connectivity index (χ1) is 8.20. The van der Waals surface area contributed by atoms with Crippen molar-refractivity contribution >= 4 is 11.4 Å².